The van der Waals surface area contributed by atoms with Gasteiger partial charge in [-0.1, -0.05) is 29.8 Å². The summed E-state index contributed by atoms with van der Waals surface area (Å²) in [4.78, 5) is 11.9. The van der Waals surface area contributed by atoms with E-state index < -0.39 is 0 Å². The number of alkyl halides is 1. The van der Waals surface area contributed by atoms with Crippen molar-refractivity contribution in [1.82, 2.24) is 0 Å². The summed E-state index contributed by atoms with van der Waals surface area (Å²) in [5, 5.41) is -0.317. The van der Waals surface area contributed by atoms with Crippen LogP contribution in [0, 0.1) is 5.92 Å². The van der Waals surface area contributed by atoms with Gasteiger partial charge in [0.1, 0.15) is 5.38 Å². The molecular weight excluding hydrogens is 220 g/mol. The Hall–Kier alpha value is -1.08. The zero-order valence-electron chi connectivity index (χ0n) is 9.33. The van der Waals surface area contributed by atoms with Gasteiger partial charge in [0, 0.05) is 5.92 Å². The highest BCUT2D eigenvalue weighted by Crippen LogP contribution is 2.57. The first-order valence-electron chi connectivity index (χ1n) is 5.57. The molecule has 1 saturated carbocycles. The fourth-order valence-electron chi connectivity index (χ4n) is 3.02. The largest absolute Gasteiger partial charge is 0.297 e. The van der Waals surface area contributed by atoms with Crippen LogP contribution in [0.1, 0.15) is 30.9 Å². The zero-order valence-corrected chi connectivity index (χ0v) is 10.1. The van der Waals surface area contributed by atoms with Crippen molar-refractivity contribution >= 4 is 23.0 Å². The molecule has 0 bridgehead atoms. The van der Waals surface area contributed by atoms with Gasteiger partial charge in [-0.05, 0) is 30.5 Å². The Kier molecular flexibility index (Phi) is 2.02. The number of fused-ring (bicyclic) bond motifs is 3. The van der Waals surface area contributed by atoms with Gasteiger partial charge in [0.25, 0.3) is 0 Å². The molecule has 0 saturated heterocycles. The van der Waals surface area contributed by atoms with Gasteiger partial charge in [-0.2, -0.15) is 0 Å². The number of rotatable bonds is 0. The normalized spacial score (nSPS) is 30.8. The Morgan fingerprint density at radius 2 is 1.94 bits per heavy atom. The molecule has 0 unspecified atom stereocenters. The summed E-state index contributed by atoms with van der Waals surface area (Å²) in [6.07, 6.45) is 0. The third-order valence-corrected chi connectivity index (χ3v) is 4.20. The molecule has 1 aromatic carbocycles. The summed E-state index contributed by atoms with van der Waals surface area (Å²) >= 11 is 6.13. The van der Waals surface area contributed by atoms with E-state index in [9.17, 15) is 4.79 Å². The highest BCUT2D eigenvalue weighted by molar-refractivity contribution is 6.37. The monoisotopic (exact) mass is 232 g/mol. The van der Waals surface area contributed by atoms with E-state index in [1.165, 1.54) is 22.3 Å². The van der Waals surface area contributed by atoms with E-state index in [0.29, 0.717) is 0 Å². The lowest BCUT2D eigenvalue weighted by molar-refractivity contribution is -0.127. The Labute approximate surface area is 100 Å². The van der Waals surface area contributed by atoms with E-state index in [1.807, 2.05) is 12.1 Å². The summed E-state index contributed by atoms with van der Waals surface area (Å²) in [7, 11) is 0. The second-order valence-corrected chi connectivity index (χ2v) is 5.28. The van der Waals surface area contributed by atoms with Gasteiger partial charge in [-0.3, -0.25) is 4.79 Å². The maximum Gasteiger partial charge on any atom is 0.159 e. The number of Topliss-reactive ketones (excluding diaryl/α,β-unsaturated/α-hetero) is 1. The number of carbonyl (C=O) groups is 1. The van der Waals surface area contributed by atoms with Crippen LogP contribution in [0.4, 0.5) is 0 Å². The summed E-state index contributed by atoms with van der Waals surface area (Å²) in [6.45, 7) is 4.15. The van der Waals surface area contributed by atoms with Gasteiger partial charge >= 0.3 is 0 Å². The van der Waals surface area contributed by atoms with E-state index in [-0.39, 0.29) is 23.0 Å². The molecule has 0 aromatic heterocycles. The average Bonchev–Trinajstić information content (AvgIpc) is 2.60. The second kappa shape index (κ2) is 3.21. The van der Waals surface area contributed by atoms with Gasteiger partial charge in [0.15, 0.2) is 5.78 Å². The van der Waals surface area contributed by atoms with Crippen molar-refractivity contribution in [2.24, 2.45) is 5.92 Å². The molecule has 1 fully saturated rings. The third-order valence-electron chi connectivity index (χ3n) is 3.71. The first-order chi connectivity index (χ1) is 7.63. The van der Waals surface area contributed by atoms with E-state index in [2.05, 4.69) is 26.0 Å². The molecular formula is C14H13ClO. The highest BCUT2D eigenvalue weighted by atomic mass is 35.5. The van der Waals surface area contributed by atoms with E-state index >= 15 is 0 Å². The number of hydrogen-bond acceptors (Lipinski definition) is 1. The molecule has 0 amide bonds. The van der Waals surface area contributed by atoms with Crippen molar-refractivity contribution in [1.29, 1.82) is 0 Å². The number of benzene rings is 1. The van der Waals surface area contributed by atoms with Gasteiger partial charge in [0.05, 0.1) is 5.92 Å². The smallest absolute Gasteiger partial charge is 0.159 e. The van der Waals surface area contributed by atoms with Crippen LogP contribution in [0.2, 0.25) is 0 Å². The molecule has 0 heterocycles. The fourth-order valence-corrected chi connectivity index (χ4v) is 3.43. The molecule has 0 aliphatic heterocycles. The SMILES string of the molecule is CC(C)=C1c2ccccc2[C@@H]2[C@H]1C(=O)[C@@H]2Cl. The molecule has 2 aliphatic carbocycles. The molecule has 82 valence electrons. The van der Waals surface area contributed by atoms with Gasteiger partial charge in [-0.15, -0.1) is 11.6 Å². The second-order valence-electron chi connectivity index (χ2n) is 4.81. The van der Waals surface area contributed by atoms with Crippen LogP contribution in [0.25, 0.3) is 5.57 Å². The quantitative estimate of drug-likeness (QED) is 0.627. The van der Waals surface area contributed by atoms with Crippen LogP contribution in [0.3, 0.4) is 0 Å². The van der Waals surface area contributed by atoms with E-state index in [4.69, 9.17) is 11.6 Å². The van der Waals surface area contributed by atoms with Crippen molar-refractivity contribution in [2.75, 3.05) is 0 Å². The molecule has 3 atom stereocenters. The number of ketones is 1. The molecule has 1 nitrogen and oxygen atoms in total. The minimum atomic E-state index is -0.317. The van der Waals surface area contributed by atoms with Crippen LogP contribution >= 0.6 is 11.6 Å². The topological polar surface area (TPSA) is 17.1 Å². The molecule has 16 heavy (non-hydrogen) atoms. The lowest BCUT2D eigenvalue weighted by Gasteiger charge is -2.35. The maximum absolute atomic E-state index is 11.9. The number of hydrogen-bond donors (Lipinski definition) is 0. The minimum absolute atomic E-state index is 0.0323. The Morgan fingerprint density at radius 3 is 2.62 bits per heavy atom. The first-order valence-corrected chi connectivity index (χ1v) is 6.01. The van der Waals surface area contributed by atoms with Crippen molar-refractivity contribution in [2.45, 2.75) is 25.1 Å². The predicted molar refractivity (Wildman–Crippen MR) is 65.6 cm³/mol. The molecule has 2 heteroatoms. The molecule has 0 radical (unpaired) electrons. The van der Waals surface area contributed by atoms with Crippen LogP contribution in [-0.2, 0) is 4.79 Å². The zero-order chi connectivity index (χ0) is 11.4. The predicted octanol–water partition coefficient (Wildman–Crippen LogP) is 3.38. The summed E-state index contributed by atoms with van der Waals surface area (Å²) in [6, 6.07) is 8.26. The summed E-state index contributed by atoms with van der Waals surface area (Å²) < 4.78 is 0. The van der Waals surface area contributed by atoms with Crippen LogP contribution in [0.5, 0.6) is 0 Å². The van der Waals surface area contributed by atoms with Crippen LogP contribution in [0.15, 0.2) is 29.8 Å². The third kappa shape index (κ3) is 1.04. The highest BCUT2D eigenvalue weighted by Gasteiger charge is 2.56. The molecule has 1 aromatic rings. The minimum Gasteiger partial charge on any atom is -0.297 e. The fraction of sp³-hybridized carbons (Fsp3) is 0.357. The Morgan fingerprint density at radius 1 is 1.25 bits per heavy atom. The molecule has 0 spiro atoms. The van der Waals surface area contributed by atoms with Gasteiger partial charge in [0.2, 0.25) is 0 Å². The number of allylic oxidation sites excluding steroid dienone is 2. The van der Waals surface area contributed by atoms with Gasteiger partial charge < -0.3 is 0 Å². The van der Waals surface area contributed by atoms with Crippen LogP contribution in [-0.4, -0.2) is 11.2 Å². The first kappa shape index (κ1) is 10.1. The lowest BCUT2D eigenvalue weighted by atomic mass is 9.70. The Balaban J connectivity index is 2.24. The van der Waals surface area contributed by atoms with Crippen molar-refractivity contribution in [3.8, 4) is 0 Å². The number of carbonyl (C=O) groups excluding carboxylic acids is 1. The Bertz CT molecular complexity index is 511. The summed E-state index contributed by atoms with van der Waals surface area (Å²) in [5.41, 5.74) is 4.93. The maximum atomic E-state index is 11.9. The van der Waals surface area contributed by atoms with E-state index in [1.54, 1.807) is 0 Å². The average molecular weight is 233 g/mol. The van der Waals surface area contributed by atoms with Crippen molar-refractivity contribution < 1.29 is 4.79 Å². The molecule has 2 aliphatic rings. The molecule has 3 rings (SSSR count). The standard InChI is InChI=1S/C14H13ClO/c1-7(2)10-8-5-3-4-6-9(8)11-12(10)14(16)13(11)15/h3-6,11-13H,1-2H3/t11-,12+,13-/m1/s1. The van der Waals surface area contributed by atoms with E-state index in [0.717, 1.165) is 0 Å². The van der Waals surface area contributed by atoms with Crippen LogP contribution < -0.4 is 0 Å². The summed E-state index contributed by atoms with van der Waals surface area (Å²) in [5.74, 6) is 0.444. The lowest BCUT2D eigenvalue weighted by Crippen LogP contribution is -2.44. The number of halogens is 1. The van der Waals surface area contributed by atoms with Crippen molar-refractivity contribution in [3.63, 3.8) is 0 Å². The van der Waals surface area contributed by atoms with Crippen molar-refractivity contribution in [3.05, 3.63) is 41.0 Å². The van der Waals surface area contributed by atoms with Gasteiger partial charge in [-0.25, -0.2) is 0 Å². The molecule has 0 N–H and O–H groups in total.